The number of para-hydroxylation sites is 1. The van der Waals surface area contributed by atoms with Crippen LogP contribution in [0.2, 0.25) is 15.2 Å². The molecule has 0 radical (unpaired) electrons. The van der Waals surface area contributed by atoms with Crippen molar-refractivity contribution in [3.63, 3.8) is 0 Å². The van der Waals surface area contributed by atoms with Crippen molar-refractivity contribution < 1.29 is 0 Å². The minimum Gasteiger partial charge on any atom is -0.353 e. The van der Waals surface area contributed by atoms with E-state index in [1.807, 2.05) is 6.26 Å². The summed E-state index contributed by atoms with van der Waals surface area (Å²) < 4.78 is 0. The third-order valence-electron chi connectivity index (χ3n) is 4.27. The molecule has 1 fully saturated rings. The average molecular weight is 471 g/mol. The molecule has 2 heterocycles. The van der Waals surface area contributed by atoms with E-state index >= 15 is 0 Å². The van der Waals surface area contributed by atoms with E-state index in [0.717, 1.165) is 13.1 Å². The summed E-state index contributed by atoms with van der Waals surface area (Å²) in [6, 6.07) is 7.46. The van der Waals surface area contributed by atoms with E-state index in [-0.39, 0.29) is 6.04 Å². The molecule has 1 aromatic heterocycles. The first-order chi connectivity index (χ1) is 14.0. The number of piperazine rings is 1. The Kier molecular flexibility index (Phi) is 7.81. The number of thioether (sulfide) groups is 1. The molecule has 1 aliphatic heterocycles. The van der Waals surface area contributed by atoms with E-state index in [0.29, 0.717) is 50.4 Å². The molecule has 29 heavy (non-hydrogen) atoms. The van der Waals surface area contributed by atoms with Crippen molar-refractivity contribution in [2.45, 2.75) is 17.6 Å². The number of nitriles is 1. The predicted octanol–water partition coefficient (Wildman–Crippen LogP) is 4.30. The summed E-state index contributed by atoms with van der Waals surface area (Å²) in [6.45, 7) is 2.11. The highest BCUT2D eigenvalue weighted by molar-refractivity contribution is 7.98. The molecule has 0 amide bonds. The Balaban J connectivity index is 1.90. The fraction of sp³-hybridized carbons (Fsp3) is 0.333. The Morgan fingerprint density at radius 2 is 2.14 bits per heavy atom. The van der Waals surface area contributed by atoms with Gasteiger partial charge in [0.25, 0.3) is 0 Å². The molecule has 1 atom stereocenters. The quantitative estimate of drug-likeness (QED) is 0.214. The zero-order valence-corrected chi connectivity index (χ0v) is 18.6. The smallest absolute Gasteiger partial charge is 0.190 e. The van der Waals surface area contributed by atoms with E-state index in [9.17, 15) is 0 Å². The minimum atomic E-state index is 0.0602. The molecule has 1 aliphatic rings. The van der Waals surface area contributed by atoms with Crippen LogP contribution in [0.3, 0.4) is 0 Å². The number of aromatic nitrogens is 2. The number of hydrogen-bond donors (Lipinski definition) is 2. The van der Waals surface area contributed by atoms with Crippen LogP contribution in [0, 0.1) is 11.3 Å². The normalized spacial score (nSPS) is 16.8. The summed E-state index contributed by atoms with van der Waals surface area (Å²) >= 11 is 20.2. The second-order valence-corrected chi connectivity index (χ2v) is 8.11. The third-order valence-corrected chi connectivity index (χ3v) is 5.73. The highest BCUT2D eigenvalue weighted by atomic mass is 35.5. The second-order valence-electron chi connectivity index (χ2n) is 6.16. The molecule has 1 unspecified atom stereocenters. The molecule has 3 rings (SSSR count). The van der Waals surface area contributed by atoms with Gasteiger partial charge in [-0.05, 0) is 18.4 Å². The SMILES string of the molecule is CSc1nc(Cl)c(/C=N/Nc2c(Cl)cccc2Cl)c(N2CCNC(CC#N)C2)n1. The first-order valence-corrected chi connectivity index (χ1v) is 11.1. The van der Waals surface area contributed by atoms with Gasteiger partial charge in [-0.15, -0.1) is 0 Å². The maximum Gasteiger partial charge on any atom is 0.190 e. The number of anilines is 2. The molecular weight excluding hydrogens is 453 g/mol. The first-order valence-electron chi connectivity index (χ1n) is 8.73. The lowest BCUT2D eigenvalue weighted by atomic mass is 10.1. The van der Waals surface area contributed by atoms with Crippen LogP contribution in [-0.4, -0.2) is 48.1 Å². The summed E-state index contributed by atoms with van der Waals surface area (Å²) in [5, 5.41) is 18.4. The van der Waals surface area contributed by atoms with Crippen LogP contribution < -0.4 is 15.6 Å². The van der Waals surface area contributed by atoms with Gasteiger partial charge in [-0.3, -0.25) is 5.43 Å². The lowest BCUT2D eigenvalue weighted by Gasteiger charge is -2.34. The Morgan fingerprint density at radius 1 is 1.38 bits per heavy atom. The molecule has 0 bridgehead atoms. The molecule has 0 aliphatic carbocycles. The molecule has 11 heteroatoms. The van der Waals surface area contributed by atoms with Crippen LogP contribution in [0.1, 0.15) is 12.0 Å². The van der Waals surface area contributed by atoms with E-state index in [4.69, 9.17) is 40.1 Å². The number of hydrazone groups is 1. The number of nitrogens with zero attached hydrogens (tertiary/aromatic N) is 5. The molecular formula is C18H18Cl3N7S. The van der Waals surface area contributed by atoms with Gasteiger partial charge >= 0.3 is 0 Å². The van der Waals surface area contributed by atoms with Crippen molar-refractivity contribution in [2.75, 3.05) is 36.2 Å². The van der Waals surface area contributed by atoms with Gasteiger partial charge in [0.1, 0.15) is 11.0 Å². The molecule has 2 aromatic rings. The van der Waals surface area contributed by atoms with Crippen molar-refractivity contribution in [3.8, 4) is 6.07 Å². The number of nitrogens with one attached hydrogen (secondary N) is 2. The molecule has 2 N–H and O–H groups in total. The van der Waals surface area contributed by atoms with Gasteiger partial charge in [-0.2, -0.15) is 10.4 Å². The molecule has 0 saturated carbocycles. The fourth-order valence-corrected chi connectivity index (χ4v) is 3.99. The van der Waals surface area contributed by atoms with Crippen molar-refractivity contribution >= 4 is 64.3 Å². The van der Waals surface area contributed by atoms with Gasteiger partial charge < -0.3 is 10.2 Å². The van der Waals surface area contributed by atoms with Gasteiger partial charge in [0.15, 0.2) is 5.16 Å². The van der Waals surface area contributed by atoms with Gasteiger partial charge in [0, 0.05) is 25.7 Å². The van der Waals surface area contributed by atoms with E-state index in [1.165, 1.54) is 11.8 Å². The molecule has 0 spiro atoms. The molecule has 7 nitrogen and oxygen atoms in total. The van der Waals surface area contributed by atoms with Crippen LogP contribution in [0.25, 0.3) is 0 Å². The third kappa shape index (κ3) is 5.44. The topological polar surface area (TPSA) is 89.2 Å². The van der Waals surface area contributed by atoms with E-state index in [1.54, 1.807) is 24.4 Å². The fourth-order valence-electron chi connectivity index (χ4n) is 2.89. The van der Waals surface area contributed by atoms with E-state index in [2.05, 4.69) is 36.8 Å². The standard InChI is InChI=1S/C18H18Cl3N7S/c1-29-18-25-16(21)12(9-24-27-15-13(19)3-2-4-14(15)20)17(26-18)28-8-7-23-11(10-28)5-6-22/h2-4,9,11,23,27H,5,7-8,10H2,1H3/b24-9+. The monoisotopic (exact) mass is 469 g/mol. The number of halogens is 3. The Morgan fingerprint density at radius 3 is 2.83 bits per heavy atom. The predicted molar refractivity (Wildman–Crippen MR) is 121 cm³/mol. The highest BCUT2D eigenvalue weighted by Crippen LogP contribution is 2.30. The van der Waals surface area contributed by atoms with Crippen molar-refractivity contribution in [3.05, 3.63) is 39.0 Å². The average Bonchev–Trinajstić information content (AvgIpc) is 2.71. The second kappa shape index (κ2) is 10.3. The Hall–Kier alpha value is -1.76. The maximum absolute atomic E-state index is 9.02. The van der Waals surface area contributed by atoms with Crippen LogP contribution in [-0.2, 0) is 0 Å². The lowest BCUT2D eigenvalue weighted by molar-refractivity contribution is 0.459. The molecule has 1 saturated heterocycles. The molecule has 152 valence electrons. The van der Waals surface area contributed by atoms with Gasteiger partial charge in [0.2, 0.25) is 0 Å². The summed E-state index contributed by atoms with van der Waals surface area (Å²) in [6.07, 6.45) is 3.86. The number of hydrogen-bond acceptors (Lipinski definition) is 8. The first kappa shape index (κ1) is 21.9. The van der Waals surface area contributed by atoms with Crippen LogP contribution in [0.5, 0.6) is 0 Å². The largest absolute Gasteiger partial charge is 0.353 e. The Bertz CT molecular complexity index is 928. The van der Waals surface area contributed by atoms with Crippen molar-refractivity contribution in [1.29, 1.82) is 5.26 Å². The Labute approximate surface area is 188 Å². The van der Waals surface area contributed by atoms with Crippen LogP contribution >= 0.6 is 46.6 Å². The van der Waals surface area contributed by atoms with Gasteiger partial charge in [-0.25, -0.2) is 9.97 Å². The van der Waals surface area contributed by atoms with Gasteiger partial charge in [-0.1, -0.05) is 52.6 Å². The van der Waals surface area contributed by atoms with Crippen LogP contribution in [0.4, 0.5) is 11.5 Å². The van der Waals surface area contributed by atoms with Crippen molar-refractivity contribution in [2.24, 2.45) is 5.10 Å². The zero-order chi connectivity index (χ0) is 20.8. The van der Waals surface area contributed by atoms with E-state index < -0.39 is 0 Å². The minimum absolute atomic E-state index is 0.0602. The maximum atomic E-state index is 9.02. The highest BCUT2D eigenvalue weighted by Gasteiger charge is 2.24. The van der Waals surface area contributed by atoms with Crippen LogP contribution in [0.15, 0.2) is 28.5 Å². The lowest BCUT2D eigenvalue weighted by Crippen LogP contribution is -2.51. The van der Waals surface area contributed by atoms with Crippen molar-refractivity contribution in [1.82, 2.24) is 15.3 Å². The van der Waals surface area contributed by atoms with Gasteiger partial charge in [0.05, 0.1) is 40.0 Å². The summed E-state index contributed by atoms with van der Waals surface area (Å²) in [5.74, 6) is 0.676. The summed E-state index contributed by atoms with van der Waals surface area (Å²) in [7, 11) is 0. The number of rotatable bonds is 6. The zero-order valence-electron chi connectivity index (χ0n) is 15.5. The number of benzene rings is 1. The summed E-state index contributed by atoms with van der Waals surface area (Å²) in [4.78, 5) is 11.1. The summed E-state index contributed by atoms with van der Waals surface area (Å²) in [5.41, 5.74) is 3.94. The molecule has 1 aromatic carbocycles.